The number of hydrogen-bond donors (Lipinski definition) is 3. The maximum atomic E-state index is 14.0. The minimum atomic E-state index is -0.144. The molecule has 3 aliphatic rings. The lowest BCUT2D eigenvalue weighted by Crippen LogP contribution is -2.39. The van der Waals surface area contributed by atoms with Gasteiger partial charge in [0.05, 0.1) is 0 Å². The zero-order valence-electron chi connectivity index (χ0n) is 14.6. The summed E-state index contributed by atoms with van der Waals surface area (Å²) in [6.07, 6.45) is 5.24. The van der Waals surface area contributed by atoms with E-state index in [1.807, 2.05) is 17.0 Å². The van der Waals surface area contributed by atoms with Gasteiger partial charge in [-0.3, -0.25) is 10.9 Å². The number of rotatable bonds is 3. The van der Waals surface area contributed by atoms with Crippen LogP contribution in [0.2, 0.25) is 0 Å². The predicted octanol–water partition coefficient (Wildman–Crippen LogP) is 2.19. The third-order valence-corrected chi connectivity index (χ3v) is 5.84. The van der Waals surface area contributed by atoms with E-state index in [2.05, 4.69) is 21.2 Å². The molecule has 0 spiro atoms. The van der Waals surface area contributed by atoms with Crippen molar-refractivity contribution in [3.05, 3.63) is 47.4 Å². The van der Waals surface area contributed by atoms with Crippen molar-refractivity contribution in [3.8, 4) is 0 Å². The summed E-state index contributed by atoms with van der Waals surface area (Å²) in [7, 11) is 0. The molecular formula is C19H23FN6. The second-order valence-corrected chi connectivity index (χ2v) is 7.52. The van der Waals surface area contributed by atoms with Crippen LogP contribution in [0.3, 0.4) is 0 Å². The molecule has 0 bridgehead atoms. The molecule has 7 heteroatoms. The van der Waals surface area contributed by atoms with Gasteiger partial charge in [0.25, 0.3) is 0 Å². The molecule has 3 N–H and O–H groups in total. The van der Waals surface area contributed by atoms with E-state index in [0.717, 1.165) is 36.3 Å². The van der Waals surface area contributed by atoms with Crippen LogP contribution in [-0.2, 0) is 13.1 Å². The van der Waals surface area contributed by atoms with Gasteiger partial charge in [0.2, 0.25) is 5.95 Å². The van der Waals surface area contributed by atoms with Crippen LogP contribution in [0.5, 0.6) is 0 Å². The lowest BCUT2D eigenvalue weighted by atomic mass is 9.83. The van der Waals surface area contributed by atoms with Crippen LogP contribution in [0, 0.1) is 11.7 Å². The highest BCUT2D eigenvalue weighted by Crippen LogP contribution is 2.30. The van der Waals surface area contributed by atoms with Gasteiger partial charge in [-0.15, -0.1) is 0 Å². The van der Waals surface area contributed by atoms with Crippen molar-refractivity contribution in [2.24, 2.45) is 5.92 Å². The van der Waals surface area contributed by atoms with Crippen molar-refractivity contribution in [1.29, 1.82) is 0 Å². The molecule has 3 heterocycles. The van der Waals surface area contributed by atoms with E-state index in [1.54, 1.807) is 12.3 Å². The highest BCUT2D eigenvalue weighted by molar-refractivity contribution is 5.47. The zero-order valence-corrected chi connectivity index (χ0v) is 14.6. The van der Waals surface area contributed by atoms with E-state index in [4.69, 9.17) is 4.98 Å². The first-order valence-corrected chi connectivity index (χ1v) is 9.35. The molecule has 0 radical (unpaired) electrons. The molecule has 1 saturated carbocycles. The highest BCUT2D eigenvalue weighted by Gasteiger charge is 2.33. The molecule has 3 unspecified atom stereocenters. The number of hydrogen-bond acceptors (Lipinski definition) is 6. The van der Waals surface area contributed by atoms with Crippen molar-refractivity contribution < 1.29 is 4.39 Å². The van der Waals surface area contributed by atoms with E-state index in [1.165, 1.54) is 12.5 Å². The Labute approximate surface area is 152 Å². The third-order valence-electron chi connectivity index (χ3n) is 5.84. The highest BCUT2D eigenvalue weighted by atomic mass is 19.1. The van der Waals surface area contributed by atoms with Crippen molar-refractivity contribution >= 4 is 11.8 Å². The summed E-state index contributed by atoms with van der Waals surface area (Å²) in [4.78, 5) is 11.1. The second-order valence-electron chi connectivity index (χ2n) is 7.52. The van der Waals surface area contributed by atoms with Gasteiger partial charge in [-0.05, 0) is 42.9 Å². The van der Waals surface area contributed by atoms with Crippen molar-refractivity contribution in [3.63, 3.8) is 0 Å². The number of anilines is 2. The summed E-state index contributed by atoms with van der Waals surface area (Å²) in [6, 6.07) is 8.22. The van der Waals surface area contributed by atoms with Crippen LogP contribution >= 0.6 is 0 Å². The average molecular weight is 354 g/mol. The monoisotopic (exact) mass is 354 g/mol. The van der Waals surface area contributed by atoms with Gasteiger partial charge < -0.3 is 10.2 Å². The molecule has 6 nitrogen and oxygen atoms in total. The molecule has 1 aromatic heterocycles. The Bertz CT molecular complexity index is 812. The van der Waals surface area contributed by atoms with Crippen LogP contribution < -0.4 is 21.1 Å². The summed E-state index contributed by atoms with van der Waals surface area (Å²) in [5.74, 6) is 2.05. The van der Waals surface area contributed by atoms with E-state index in [-0.39, 0.29) is 5.82 Å². The molecule has 2 aromatic rings. The molecule has 2 fully saturated rings. The summed E-state index contributed by atoms with van der Waals surface area (Å²) >= 11 is 0. The quantitative estimate of drug-likeness (QED) is 0.785. The Hall–Kier alpha value is -2.25. The van der Waals surface area contributed by atoms with Gasteiger partial charge >= 0.3 is 0 Å². The van der Waals surface area contributed by atoms with Crippen molar-refractivity contribution in [2.75, 3.05) is 16.8 Å². The molecule has 2 aliphatic heterocycles. The maximum absolute atomic E-state index is 14.0. The summed E-state index contributed by atoms with van der Waals surface area (Å²) in [5.41, 5.74) is 8.41. The van der Waals surface area contributed by atoms with Crippen LogP contribution in [0.15, 0.2) is 30.5 Å². The van der Waals surface area contributed by atoms with Gasteiger partial charge in [0.15, 0.2) is 0 Å². The molecule has 136 valence electrons. The van der Waals surface area contributed by atoms with Gasteiger partial charge in [-0.1, -0.05) is 12.1 Å². The van der Waals surface area contributed by atoms with E-state index >= 15 is 0 Å². The number of nitrogens with one attached hydrogen (secondary N) is 3. The topological polar surface area (TPSA) is 65.1 Å². The third kappa shape index (κ3) is 2.91. The van der Waals surface area contributed by atoms with Crippen LogP contribution in [0.25, 0.3) is 0 Å². The number of fused-ring (bicyclic) bond motifs is 2. The fourth-order valence-corrected chi connectivity index (χ4v) is 4.44. The van der Waals surface area contributed by atoms with Crippen LogP contribution in [0.4, 0.5) is 16.2 Å². The first-order valence-electron chi connectivity index (χ1n) is 9.35. The minimum Gasteiger partial charge on any atom is -0.367 e. The lowest BCUT2D eigenvalue weighted by Gasteiger charge is -2.31. The Morgan fingerprint density at radius 3 is 3.08 bits per heavy atom. The fourth-order valence-electron chi connectivity index (χ4n) is 4.44. The second kappa shape index (κ2) is 6.48. The Morgan fingerprint density at radius 2 is 2.15 bits per heavy atom. The molecule has 1 aliphatic carbocycles. The molecule has 1 aromatic carbocycles. The summed E-state index contributed by atoms with van der Waals surface area (Å²) < 4.78 is 14.0. The van der Waals surface area contributed by atoms with Crippen LogP contribution in [0.1, 0.15) is 30.4 Å². The molecule has 1 saturated heterocycles. The molecule has 26 heavy (non-hydrogen) atoms. The number of aromatic nitrogens is 2. The van der Waals surface area contributed by atoms with Crippen molar-refractivity contribution in [2.45, 2.75) is 44.4 Å². The summed E-state index contributed by atoms with van der Waals surface area (Å²) in [5, 5.41) is 3.58. The average Bonchev–Trinajstić information content (AvgIpc) is 3.29. The largest absolute Gasteiger partial charge is 0.367 e. The van der Waals surface area contributed by atoms with Gasteiger partial charge in [-0.2, -0.15) is 4.98 Å². The Balaban J connectivity index is 1.29. The molecular weight excluding hydrogens is 331 g/mol. The molecule has 3 atom stereocenters. The predicted molar refractivity (Wildman–Crippen MR) is 98.0 cm³/mol. The first-order chi connectivity index (χ1) is 12.8. The lowest BCUT2D eigenvalue weighted by molar-refractivity contribution is 0.314. The van der Waals surface area contributed by atoms with Gasteiger partial charge in [-0.25, -0.2) is 9.37 Å². The standard InChI is InChI=1S/C19H23FN6/c20-16-3-1-2-12-10-26(11-15(12)16)19-21-7-6-18(24-19)23-14-4-5-17-13(8-14)9-22-25-17/h1-3,6-7,13-14,17,22,25H,4-5,8-11H2,(H,21,23,24). The first kappa shape index (κ1) is 16.0. The Morgan fingerprint density at radius 1 is 1.19 bits per heavy atom. The SMILES string of the molecule is Fc1cccc2c1CN(c1nccc(NC3CCC4NNCC4C3)n1)C2. The number of hydrazine groups is 1. The maximum Gasteiger partial charge on any atom is 0.227 e. The zero-order chi connectivity index (χ0) is 17.5. The van der Waals surface area contributed by atoms with Gasteiger partial charge in [0.1, 0.15) is 11.6 Å². The minimum absolute atomic E-state index is 0.144. The van der Waals surface area contributed by atoms with Crippen molar-refractivity contribution in [1.82, 2.24) is 20.8 Å². The normalized spacial score (nSPS) is 27.3. The van der Waals surface area contributed by atoms with E-state index < -0.39 is 0 Å². The van der Waals surface area contributed by atoms with E-state index in [9.17, 15) is 4.39 Å². The van der Waals surface area contributed by atoms with Crippen LogP contribution in [-0.4, -0.2) is 28.6 Å². The smallest absolute Gasteiger partial charge is 0.227 e. The number of halogens is 1. The fraction of sp³-hybridized carbons (Fsp3) is 0.474. The number of nitrogens with zero attached hydrogens (tertiary/aromatic N) is 3. The molecule has 5 rings (SSSR count). The molecule has 0 amide bonds. The Kier molecular flexibility index (Phi) is 3.98. The van der Waals surface area contributed by atoms with E-state index in [0.29, 0.717) is 37.0 Å². The number of benzene rings is 1. The summed E-state index contributed by atoms with van der Waals surface area (Å²) in [6.45, 7) is 2.21. The van der Waals surface area contributed by atoms with Gasteiger partial charge in [0, 0.05) is 43.5 Å².